The third kappa shape index (κ3) is 1.05. The fourth-order valence-electron chi connectivity index (χ4n) is 1.05. The number of carbonyl (C=O) groups excluding carboxylic acids is 1. The van der Waals surface area contributed by atoms with E-state index in [2.05, 4.69) is 4.98 Å². The maximum atomic E-state index is 10.8. The molecule has 0 amide bonds. The van der Waals surface area contributed by atoms with E-state index in [1.807, 2.05) is 14.0 Å². The molecular formula is C6H4BClN2OS. The number of carbonyl (C=O) groups is 1. The molecule has 2 aromatic heterocycles. The predicted molar refractivity (Wildman–Crippen MR) is 51.4 cm³/mol. The lowest BCUT2D eigenvalue weighted by molar-refractivity contribution is 0.107. The first-order valence-electron chi connectivity index (χ1n) is 3.31. The number of hydrogen-bond donors (Lipinski definition) is 0. The molecule has 2 aromatic rings. The van der Waals surface area contributed by atoms with Crippen molar-refractivity contribution < 1.29 is 4.79 Å². The van der Waals surface area contributed by atoms with Gasteiger partial charge in [-0.05, 0) is 16.4 Å². The summed E-state index contributed by atoms with van der Waals surface area (Å²) in [5, 5.41) is -0.501. The van der Waals surface area contributed by atoms with Gasteiger partial charge in [-0.15, -0.1) is 11.3 Å². The highest BCUT2D eigenvalue weighted by Gasteiger charge is 2.12. The summed E-state index contributed by atoms with van der Waals surface area (Å²) in [6.07, 6.45) is 3.50. The van der Waals surface area contributed by atoms with Gasteiger partial charge in [0.15, 0.2) is 13.5 Å². The van der Waals surface area contributed by atoms with E-state index in [4.69, 9.17) is 11.6 Å². The van der Waals surface area contributed by atoms with E-state index in [9.17, 15) is 4.79 Å². The quantitative estimate of drug-likeness (QED) is 0.479. The Morgan fingerprint density at radius 3 is 3.17 bits per heavy atom. The number of fused-ring (bicyclic) bond motifs is 1. The molecule has 2 heterocycles. The highest BCUT2D eigenvalue weighted by molar-refractivity contribution is 7.25. The Hall–Kier alpha value is -0.805. The van der Waals surface area contributed by atoms with Crippen LogP contribution < -0.4 is 4.78 Å². The van der Waals surface area contributed by atoms with Gasteiger partial charge in [0.1, 0.15) is 11.2 Å². The third-order valence-corrected chi connectivity index (χ3v) is 2.72. The van der Waals surface area contributed by atoms with Crippen molar-refractivity contribution in [2.45, 2.75) is 0 Å². The normalized spacial score (nSPS) is 10.8. The van der Waals surface area contributed by atoms with Crippen LogP contribution >= 0.6 is 22.9 Å². The maximum absolute atomic E-state index is 10.8. The lowest BCUT2D eigenvalue weighted by atomic mass is 10.1. The minimum Gasteiger partial charge on any atom is -0.297 e. The van der Waals surface area contributed by atoms with Gasteiger partial charge in [-0.2, -0.15) is 0 Å². The lowest BCUT2D eigenvalue weighted by Crippen LogP contribution is -1.92. The lowest BCUT2D eigenvalue weighted by Gasteiger charge is -1.81. The van der Waals surface area contributed by atoms with Crippen LogP contribution in [0.15, 0.2) is 12.5 Å². The van der Waals surface area contributed by atoms with Crippen LogP contribution in [-0.2, 0) is 0 Å². The summed E-state index contributed by atoms with van der Waals surface area (Å²) in [5.41, 5.74) is 0.342. The van der Waals surface area contributed by atoms with Gasteiger partial charge < -0.3 is 0 Å². The average molecular weight is 198 g/mol. The molecule has 0 atom stereocenters. The summed E-state index contributed by atoms with van der Waals surface area (Å²) < 4.78 is 2.93. The van der Waals surface area contributed by atoms with Gasteiger partial charge in [-0.1, -0.05) is 0 Å². The van der Waals surface area contributed by atoms with E-state index in [1.165, 1.54) is 11.3 Å². The molecule has 0 spiro atoms. The largest absolute Gasteiger partial charge is 0.297 e. The van der Waals surface area contributed by atoms with Crippen LogP contribution in [0, 0.1) is 0 Å². The zero-order valence-corrected chi connectivity index (χ0v) is 7.82. The Morgan fingerprint density at radius 1 is 1.75 bits per heavy atom. The zero-order chi connectivity index (χ0) is 8.72. The molecule has 0 radical (unpaired) electrons. The van der Waals surface area contributed by atoms with E-state index in [0.29, 0.717) is 5.69 Å². The fourth-order valence-corrected chi connectivity index (χ4v) is 2.17. The monoisotopic (exact) mass is 198 g/mol. The number of aromatic nitrogens is 2. The molecule has 6 heteroatoms. The van der Waals surface area contributed by atoms with Crippen LogP contribution in [0.3, 0.4) is 0 Å². The predicted octanol–water partition coefficient (Wildman–Crippen LogP) is 0.0332. The molecule has 0 bridgehead atoms. The van der Waals surface area contributed by atoms with E-state index in [1.54, 1.807) is 10.7 Å². The second-order valence-corrected chi connectivity index (χ2v) is 4.00. The number of thiazole rings is 1. The van der Waals surface area contributed by atoms with Gasteiger partial charge in [-0.25, -0.2) is 4.98 Å². The molecule has 0 unspecified atom stereocenters. The van der Waals surface area contributed by atoms with Gasteiger partial charge in [-0.3, -0.25) is 9.20 Å². The van der Waals surface area contributed by atoms with Gasteiger partial charge in [0.25, 0.3) is 5.24 Å². The number of rotatable bonds is 1. The first-order valence-corrected chi connectivity index (χ1v) is 4.51. The van der Waals surface area contributed by atoms with Crippen molar-refractivity contribution in [2.24, 2.45) is 0 Å². The molecular weight excluding hydrogens is 194 g/mol. The molecule has 0 N–H and O–H groups in total. The minimum atomic E-state index is -0.501. The van der Waals surface area contributed by atoms with Crippen molar-refractivity contribution in [3.63, 3.8) is 0 Å². The first-order chi connectivity index (χ1) is 5.68. The molecule has 0 aliphatic heterocycles. The topological polar surface area (TPSA) is 34.4 Å². The van der Waals surface area contributed by atoms with E-state index in [-0.39, 0.29) is 0 Å². The molecule has 0 aromatic carbocycles. The van der Waals surface area contributed by atoms with Crippen molar-refractivity contribution >= 4 is 45.6 Å². The van der Waals surface area contributed by atoms with Crippen LogP contribution in [0.2, 0.25) is 0 Å². The molecule has 0 saturated heterocycles. The molecule has 3 nitrogen and oxygen atoms in total. The second-order valence-electron chi connectivity index (χ2n) is 2.42. The third-order valence-electron chi connectivity index (χ3n) is 1.51. The Morgan fingerprint density at radius 2 is 2.50 bits per heavy atom. The highest BCUT2D eigenvalue weighted by Crippen LogP contribution is 2.15. The Bertz CT molecular complexity index is 449. The van der Waals surface area contributed by atoms with Crippen LogP contribution in [0.4, 0.5) is 0 Å². The smallest absolute Gasteiger partial charge is 0.273 e. The average Bonchev–Trinajstić information content (AvgIpc) is 2.43. The first kappa shape index (κ1) is 7.82. The SMILES string of the molecule is Bc1cn2cnc(C(=O)Cl)c2s1. The van der Waals surface area contributed by atoms with Crippen molar-refractivity contribution in [3.05, 3.63) is 18.2 Å². The van der Waals surface area contributed by atoms with Gasteiger partial charge in [0, 0.05) is 6.20 Å². The standard InChI is InChI=1S/C6H4BClN2OS/c7-3-1-10-2-9-4(5(8)11)6(10)12-3/h1-2H,7H2. The van der Waals surface area contributed by atoms with Crippen molar-refractivity contribution in [1.82, 2.24) is 9.38 Å². The van der Waals surface area contributed by atoms with Crippen molar-refractivity contribution in [2.75, 3.05) is 0 Å². The molecule has 12 heavy (non-hydrogen) atoms. The van der Waals surface area contributed by atoms with Crippen LogP contribution in [-0.4, -0.2) is 22.5 Å². The molecule has 0 saturated carbocycles. The van der Waals surface area contributed by atoms with Gasteiger partial charge in [0.05, 0.1) is 0 Å². The van der Waals surface area contributed by atoms with E-state index >= 15 is 0 Å². The number of halogens is 1. The number of hydrogen-bond acceptors (Lipinski definition) is 3. The number of nitrogens with zero attached hydrogens (tertiary/aromatic N) is 2. The van der Waals surface area contributed by atoms with Gasteiger partial charge >= 0.3 is 0 Å². The summed E-state index contributed by atoms with van der Waals surface area (Å²) in [4.78, 5) is 15.5. The summed E-state index contributed by atoms with van der Waals surface area (Å²) in [6.45, 7) is 0. The summed E-state index contributed by atoms with van der Waals surface area (Å²) in [7, 11) is 1.97. The molecule has 0 fully saturated rings. The highest BCUT2D eigenvalue weighted by atomic mass is 35.5. The molecule has 60 valence electrons. The molecule has 0 aliphatic rings. The summed E-state index contributed by atoms with van der Waals surface area (Å²) >= 11 is 6.83. The van der Waals surface area contributed by atoms with Crippen molar-refractivity contribution in [1.29, 1.82) is 0 Å². The molecule has 0 aliphatic carbocycles. The minimum absolute atomic E-state index is 0.342. The van der Waals surface area contributed by atoms with E-state index < -0.39 is 5.24 Å². The van der Waals surface area contributed by atoms with Crippen LogP contribution in [0.1, 0.15) is 10.5 Å². The zero-order valence-electron chi connectivity index (χ0n) is 6.24. The van der Waals surface area contributed by atoms with Gasteiger partial charge in [0.2, 0.25) is 0 Å². The second kappa shape index (κ2) is 2.60. The number of imidazole rings is 1. The van der Waals surface area contributed by atoms with Crippen LogP contribution in [0.5, 0.6) is 0 Å². The Labute approximate surface area is 78.4 Å². The Kier molecular flexibility index (Phi) is 1.70. The maximum Gasteiger partial charge on any atom is 0.273 e. The molecule has 2 rings (SSSR count). The Balaban J connectivity index is 2.76. The summed E-state index contributed by atoms with van der Waals surface area (Å²) in [6, 6.07) is 0. The fraction of sp³-hybridized carbons (Fsp3) is 0. The summed E-state index contributed by atoms with van der Waals surface area (Å²) in [5.74, 6) is 0. The van der Waals surface area contributed by atoms with E-state index in [0.717, 1.165) is 9.61 Å². The van der Waals surface area contributed by atoms with Crippen LogP contribution in [0.25, 0.3) is 4.83 Å². The van der Waals surface area contributed by atoms with Crippen molar-refractivity contribution in [3.8, 4) is 0 Å².